The van der Waals surface area contributed by atoms with Crippen molar-refractivity contribution in [3.05, 3.63) is 29.8 Å². The largest absolute Gasteiger partial charge is 0.497 e. The summed E-state index contributed by atoms with van der Waals surface area (Å²) in [5, 5.41) is 9.01. The van der Waals surface area contributed by atoms with Crippen molar-refractivity contribution in [2.45, 2.75) is 13.3 Å². The zero-order chi connectivity index (χ0) is 14.4. The molecule has 1 aromatic heterocycles. The van der Waals surface area contributed by atoms with Crippen LogP contribution in [0, 0.1) is 0 Å². The number of aromatic amines is 1. The highest BCUT2D eigenvalue weighted by molar-refractivity contribution is 5.90. The molecule has 0 saturated carbocycles. The zero-order valence-electron chi connectivity index (χ0n) is 11.3. The third-order valence-corrected chi connectivity index (χ3v) is 2.49. The van der Waals surface area contributed by atoms with Gasteiger partial charge in [-0.15, -0.1) is 5.10 Å². The van der Waals surface area contributed by atoms with E-state index < -0.39 is 0 Å². The topological polar surface area (TPSA) is 89.1 Å². The van der Waals surface area contributed by atoms with E-state index in [1.165, 1.54) is 0 Å². The van der Waals surface area contributed by atoms with Crippen LogP contribution in [-0.4, -0.2) is 34.8 Å². The molecule has 106 valence electrons. The molecule has 2 aromatic rings. The van der Waals surface area contributed by atoms with Crippen LogP contribution >= 0.6 is 0 Å². The van der Waals surface area contributed by atoms with Gasteiger partial charge in [0.15, 0.2) is 0 Å². The molecule has 0 aliphatic heterocycles. The Morgan fingerprint density at radius 2 is 2.30 bits per heavy atom. The molecule has 20 heavy (non-hydrogen) atoms. The Morgan fingerprint density at radius 1 is 1.45 bits per heavy atom. The minimum atomic E-state index is -0.197. The summed E-state index contributed by atoms with van der Waals surface area (Å²) >= 11 is 0. The van der Waals surface area contributed by atoms with Crippen molar-refractivity contribution < 1.29 is 14.3 Å². The van der Waals surface area contributed by atoms with Crippen LogP contribution < -0.4 is 14.8 Å². The standard InChI is InChI=1S/C13H16N4O3/c1-3-20-13-15-12(16-17-13)14-11(18)8-9-5-4-6-10(7-9)19-2/h4-7H,3,8H2,1-2H3,(H2,14,15,16,17,18). The number of hydrogen-bond donors (Lipinski definition) is 2. The first-order valence-electron chi connectivity index (χ1n) is 6.19. The number of nitrogens with one attached hydrogen (secondary N) is 2. The van der Waals surface area contributed by atoms with Crippen LogP contribution in [0.3, 0.4) is 0 Å². The van der Waals surface area contributed by atoms with Crippen molar-refractivity contribution in [1.82, 2.24) is 15.2 Å². The fourth-order valence-electron chi connectivity index (χ4n) is 1.64. The predicted molar refractivity (Wildman–Crippen MR) is 72.9 cm³/mol. The van der Waals surface area contributed by atoms with Gasteiger partial charge in [-0.05, 0) is 24.6 Å². The highest BCUT2D eigenvalue weighted by Crippen LogP contribution is 2.13. The van der Waals surface area contributed by atoms with Gasteiger partial charge in [0.2, 0.25) is 11.9 Å². The van der Waals surface area contributed by atoms with Crippen LogP contribution in [0.4, 0.5) is 5.95 Å². The van der Waals surface area contributed by atoms with E-state index in [0.717, 1.165) is 5.56 Å². The number of amides is 1. The van der Waals surface area contributed by atoms with E-state index >= 15 is 0 Å². The van der Waals surface area contributed by atoms with E-state index in [4.69, 9.17) is 9.47 Å². The maximum absolute atomic E-state index is 11.9. The van der Waals surface area contributed by atoms with Gasteiger partial charge < -0.3 is 9.47 Å². The maximum atomic E-state index is 11.9. The van der Waals surface area contributed by atoms with Crippen molar-refractivity contribution in [3.63, 3.8) is 0 Å². The molecule has 7 heteroatoms. The van der Waals surface area contributed by atoms with Gasteiger partial charge in [0.1, 0.15) is 5.75 Å². The summed E-state index contributed by atoms with van der Waals surface area (Å²) in [7, 11) is 1.59. The lowest BCUT2D eigenvalue weighted by molar-refractivity contribution is -0.115. The van der Waals surface area contributed by atoms with Crippen LogP contribution in [0.15, 0.2) is 24.3 Å². The van der Waals surface area contributed by atoms with E-state index in [0.29, 0.717) is 12.4 Å². The SMILES string of the molecule is CCOc1n[nH]c(NC(=O)Cc2cccc(OC)c2)n1. The van der Waals surface area contributed by atoms with Crippen LogP contribution in [0.2, 0.25) is 0 Å². The van der Waals surface area contributed by atoms with Crippen LogP contribution in [0.25, 0.3) is 0 Å². The number of nitrogens with zero attached hydrogens (tertiary/aromatic N) is 2. The van der Waals surface area contributed by atoms with Gasteiger partial charge in [0.25, 0.3) is 0 Å². The minimum absolute atomic E-state index is 0.197. The van der Waals surface area contributed by atoms with E-state index in [1.807, 2.05) is 31.2 Å². The van der Waals surface area contributed by atoms with Crippen molar-refractivity contribution in [3.8, 4) is 11.8 Å². The highest BCUT2D eigenvalue weighted by Gasteiger charge is 2.09. The second-order valence-electron chi connectivity index (χ2n) is 3.98. The molecule has 0 spiro atoms. The first-order chi connectivity index (χ1) is 9.71. The van der Waals surface area contributed by atoms with Gasteiger partial charge in [-0.2, -0.15) is 4.98 Å². The van der Waals surface area contributed by atoms with Gasteiger partial charge in [-0.25, -0.2) is 5.10 Å². The number of H-pyrrole nitrogens is 1. The molecular formula is C13H16N4O3. The summed E-state index contributed by atoms with van der Waals surface area (Å²) in [5.74, 6) is 0.785. The second-order valence-corrected chi connectivity index (χ2v) is 3.98. The Labute approximate surface area is 116 Å². The number of methoxy groups -OCH3 is 1. The molecule has 0 fully saturated rings. The van der Waals surface area contributed by atoms with Crippen LogP contribution in [0.1, 0.15) is 12.5 Å². The molecule has 0 atom stereocenters. The monoisotopic (exact) mass is 276 g/mol. The lowest BCUT2D eigenvalue weighted by Gasteiger charge is -2.04. The molecular weight excluding hydrogens is 260 g/mol. The Hall–Kier alpha value is -2.57. The molecule has 2 rings (SSSR count). The summed E-state index contributed by atoms with van der Waals surface area (Å²) in [6.07, 6.45) is 0.224. The molecule has 0 unspecified atom stereocenters. The molecule has 0 aliphatic rings. The molecule has 0 saturated heterocycles. The first-order valence-corrected chi connectivity index (χ1v) is 6.19. The van der Waals surface area contributed by atoms with Crippen molar-refractivity contribution in [1.29, 1.82) is 0 Å². The predicted octanol–water partition coefficient (Wildman–Crippen LogP) is 1.39. The summed E-state index contributed by atoms with van der Waals surface area (Å²) < 4.78 is 10.2. The first kappa shape index (κ1) is 13.9. The summed E-state index contributed by atoms with van der Waals surface area (Å²) in [6.45, 7) is 2.30. The number of rotatable bonds is 6. The molecule has 0 bridgehead atoms. The molecule has 1 amide bonds. The fraction of sp³-hybridized carbons (Fsp3) is 0.308. The van der Waals surface area contributed by atoms with E-state index in [2.05, 4.69) is 20.5 Å². The number of benzene rings is 1. The summed E-state index contributed by atoms with van der Waals surface area (Å²) in [4.78, 5) is 15.8. The van der Waals surface area contributed by atoms with E-state index in [9.17, 15) is 4.79 Å². The molecule has 1 aromatic carbocycles. The van der Waals surface area contributed by atoms with Gasteiger partial charge in [0, 0.05) is 0 Å². The number of carbonyl (C=O) groups is 1. The van der Waals surface area contributed by atoms with Crippen molar-refractivity contribution in [2.75, 3.05) is 19.0 Å². The third-order valence-electron chi connectivity index (χ3n) is 2.49. The number of ether oxygens (including phenoxy) is 2. The quantitative estimate of drug-likeness (QED) is 0.832. The summed E-state index contributed by atoms with van der Waals surface area (Å²) in [5.41, 5.74) is 0.853. The third kappa shape index (κ3) is 3.71. The molecule has 1 heterocycles. The molecule has 0 radical (unpaired) electrons. The number of carbonyl (C=O) groups excluding carboxylic acids is 1. The number of hydrogen-bond acceptors (Lipinski definition) is 5. The average Bonchev–Trinajstić information content (AvgIpc) is 2.86. The Bertz CT molecular complexity index is 583. The van der Waals surface area contributed by atoms with Gasteiger partial charge >= 0.3 is 6.01 Å². The molecule has 7 nitrogen and oxygen atoms in total. The second kappa shape index (κ2) is 6.55. The van der Waals surface area contributed by atoms with Crippen LogP contribution in [-0.2, 0) is 11.2 Å². The van der Waals surface area contributed by atoms with Crippen LogP contribution in [0.5, 0.6) is 11.8 Å². The highest BCUT2D eigenvalue weighted by atomic mass is 16.5. The van der Waals surface area contributed by atoms with Gasteiger partial charge in [0.05, 0.1) is 20.1 Å². The number of anilines is 1. The average molecular weight is 276 g/mol. The maximum Gasteiger partial charge on any atom is 0.337 e. The van der Waals surface area contributed by atoms with E-state index in [1.54, 1.807) is 7.11 Å². The van der Waals surface area contributed by atoms with Gasteiger partial charge in [-0.3, -0.25) is 10.1 Å². The lowest BCUT2D eigenvalue weighted by atomic mass is 10.1. The minimum Gasteiger partial charge on any atom is -0.497 e. The van der Waals surface area contributed by atoms with Gasteiger partial charge in [-0.1, -0.05) is 12.1 Å². The van der Waals surface area contributed by atoms with Crippen molar-refractivity contribution in [2.24, 2.45) is 0 Å². The Balaban J connectivity index is 1.94. The molecule has 2 N–H and O–H groups in total. The Morgan fingerprint density at radius 3 is 3.05 bits per heavy atom. The van der Waals surface area contributed by atoms with Crippen molar-refractivity contribution >= 4 is 11.9 Å². The summed E-state index contributed by atoms with van der Waals surface area (Å²) in [6, 6.07) is 7.54. The zero-order valence-corrected chi connectivity index (χ0v) is 11.3. The molecule has 0 aliphatic carbocycles. The van der Waals surface area contributed by atoms with E-state index in [-0.39, 0.29) is 24.3 Å². The number of aromatic nitrogens is 3. The normalized spacial score (nSPS) is 10.1. The Kier molecular flexibility index (Phi) is 4.54. The fourth-order valence-corrected chi connectivity index (χ4v) is 1.64. The smallest absolute Gasteiger partial charge is 0.337 e. The lowest BCUT2D eigenvalue weighted by Crippen LogP contribution is -2.15.